The topological polar surface area (TPSA) is 35.6 Å². The maximum absolute atomic E-state index is 13.1. The van der Waals surface area contributed by atoms with Gasteiger partial charge in [-0.1, -0.05) is 36.8 Å². The van der Waals surface area contributed by atoms with Crippen LogP contribution in [0, 0.1) is 12.7 Å². The van der Waals surface area contributed by atoms with E-state index < -0.39 is 0 Å². The molecular formula is C22H28FN3O. The van der Waals surface area contributed by atoms with Gasteiger partial charge in [-0.15, -0.1) is 0 Å². The summed E-state index contributed by atoms with van der Waals surface area (Å²) in [6.07, 6.45) is 0.868. The van der Waals surface area contributed by atoms with E-state index in [2.05, 4.69) is 53.2 Å². The molecule has 4 nitrogen and oxygen atoms in total. The summed E-state index contributed by atoms with van der Waals surface area (Å²) in [6.45, 7) is 7.90. The fraction of sp³-hybridized carbons (Fsp3) is 0.409. The minimum absolute atomic E-state index is 0.0543. The number of carbonyl (C=O) groups excluding carboxylic acids is 1. The number of nitrogens with zero attached hydrogens (tertiary/aromatic N) is 2. The van der Waals surface area contributed by atoms with Gasteiger partial charge in [0.15, 0.2) is 0 Å². The zero-order valence-electron chi connectivity index (χ0n) is 16.1. The molecule has 1 heterocycles. The van der Waals surface area contributed by atoms with Gasteiger partial charge in [-0.05, 0) is 43.2 Å². The minimum Gasteiger partial charge on any atom is -0.369 e. The fourth-order valence-corrected chi connectivity index (χ4v) is 3.48. The molecule has 1 atom stereocenters. The predicted molar refractivity (Wildman–Crippen MR) is 107 cm³/mol. The maximum Gasteiger partial charge on any atom is 0.234 e. The average Bonchev–Trinajstić information content (AvgIpc) is 2.68. The Labute approximate surface area is 161 Å². The number of amides is 1. The van der Waals surface area contributed by atoms with E-state index in [4.69, 9.17) is 0 Å². The van der Waals surface area contributed by atoms with Crippen LogP contribution in [0.4, 0.5) is 10.1 Å². The van der Waals surface area contributed by atoms with Crippen molar-refractivity contribution in [3.63, 3.8) is 0 Å². The van der Waals surface area contributed by atoms with Crippen LogP contribution in [0.3, 0.4) is 0 Å². The van der Waals surface area contributed by atoms with Crippen LogP contribution < -0.4 is 10.2 Å². The molecule has 144 valence electrons. The Kier molecular flexibility index (Phi) is 6.45. The molecule has 0 aromatic heterocycles. The lowest BCUT2D eigenvalue weighted by atomic mass is 10.0. The van der Waals surface area contributed by atoms with Gasteiger partial charge in [-0.2, -0.15) is 0 Å². The van der Waals surface area contributed by atoms with Crippen LogP contribution in [-0.4, -0.2) is 43.5 Å². The lowest BCUT2D eigenvalue weighted by Gasteiger charge is -2.36. The molecule has 0 saturated carbocycles. The van der Waals surface area contributed by atoms with Crippen molar-refractivity contribution in [2.75, 3.05) is 37.6 Å². The van der Waals surface area contributed by atoms with Gasteiger partial charge in [-0.25, -0.2) is 4.39 Å². The fourth-order valence-electron chi connectivity index (χ4n) is 3.48. The van der Waals surface area contributed by atoms with E-state index in [-0.39, 0.29) is 17.8 Å². The van der Waals surface area contributed by atoms with E-state index in [1.54, 1.807) is 0 Å². The van der Waals surface area contributed by atoms with Crippen molar-refractivity contribution >= 4 is 11.6 Å². The Balaban J connectivity index is 1.48. The van der Waals surface area contributed by atoms with Crippen molar-refractivity contribution in [3.05, 3.63) is 65.5 Å². The molecule has 1 aliphatic rings. The van der Waals surface area contributed by atoms with E-state index in [0.29, 0.717) is 6.54 Å². The molecule has 1 N–H and O–H groups in total. The molecule has 5 heteroatoms. The van der Waals surface area contributed by atoms with Gasteiger partial charge in [0.2, 0.25) is 5.91 Å². The number of nitrogens with one attached hydrogen (secondary N) is 1. The van der Waals surface area contributed by atoms with Crippen LogP contribution in [0.5, 0.6) is 0 Å². The summed E-state index contributed by atoms with van der Waals surface area (Å²) in [5.74, 6) is -0.147. The minimum atomic E-state index is -0.215. The number of hydrogen-bond acceptors (Lipinski definition) is 3. The first-order valence-electron chi connectivity index (χ1n) is 9.64. The molecule has 2 aromatic rings. The third-order valence-corrected chi connectivity index (χ3v) is 5.15. The second-order valence-corrected chi connectivity index (χ2v) is 7.18. The summed E-state index contributed by atoms with van der Waals surface area (Å²) in [4.78, 5) is 16.9. The molecule has 1 fully saturated rings. The monoisotopic (exact) mass is 369 g/mol. The number of carbonyl (C=O) groups is 1. The number of piperazine rings is 1. The quantitative estimate of drug-likeness (QED) is 0.846. The Morgan fingerprint density at radius 3 is 2.26 bits per heavy atom. The van der Waals surface area contributed by atoms with E-state index in [1.807, 2.05) is 12.1 Å². The first-order chi connectivity index (χ1) is 13.0. The summed E-state index contributed by atoms with van der Waals surface area (Å²) in [5, 5.41) is 3.16. The molecule has 3 rings (SSSR count). The van der Waals surface area contributed by atoms with Crippen molar-refractivity contribution < 1.29 is 9.18 Å². The first kappa shape index (κ1) is 19.4. The Hall–Kier alpha value is -2.40. The highest BCUT2D eigenvalue weighted by atomic mass is 19.1. The second kappa shape index (κ2) is 9.00. The van der Waals surface area contributed by atoms with Crippen LogP contribution in [-0.2, 0) is 4.79 Å². The number of anilines is 1. The lowest BCUT2D eigenvalue weighted by Crippen LogP contribution is -2.49. The third-order valence-electron chi connectivity index (χ3n) is 5.15. The first-order valence-corrected chi connectivity index (χ1v) is 9.64. The largest absolute Gasteiger partial charge is 0.369 e. The Morgan fingerprint density at radius 2 is 1.67 bits per heavy atom. The van der Waals surface area contributed by atoms with Crippen molar-refractivity contribution in [3.8, 4) is 0 Å². The molecule has 1 saturated heterocycles. The summed E-state index contributed by atoms with van der Waals surface area (Å²) in [7, 11) is 0. The van der Waals surface area contributed by atoms with E-state index in [9.17, 15) is 9.18 Å². The zero-order valence-corrected chi connectivity index (χ0v) is 16.1. The molecule has 0 bridgehead atoms. The number of benzene rings is 2. The predicted octanol–water partition coefficient (Wildman–Crippen LogP) is 3.52. The highest BCUT2D eigenvalue weighted by Gasteiger charge is 2.20. The normalized spacial score (nSPS) is 16.2. The van der Waals surface area contributed by atoms with Crippen molar-refractivity contribution in [2.45, 2.75) is 26.3 Å². The van der Waals surface area contributed by atoms with Gasteiger partial charge in [0.05, 0.1) is 12.6 Å². The molecule has 27 heavy (non-hydrogen) atoms. The van der Waals surface area contributed by atoms with Crippen LogP contribution in [0.15, 0.2) is 48.5 Å². The highest BCUT2D eigenvalue weighted by Crippen LogP contribution is 2.18. The van der Waals surface area contributed by atoms with Crippen molar-refractivity contribution in [1.82, 2.24) is 10.2 Å². The highest BCUT2D eigenvalue weighted by molar-refractivity contribution is 5.78. The zero-order chi connectivity index (χ0) is 19.2. The van der Waals surface area contributed by atoms with E-state index in [0.717, 1.165) is 43.9 Å². The van der Waals surface area contributed by atoms with Gasteiger partial charge in [0, 0.05) is 31.9 Å². The molecule has 2 aromatic carbocycles. The lowest BCUT2D eigenvalue weighted by molar-refractivity contribution is -0.123. The van der Waals surface area contributed by atoms with Gasteiger partial charge in [0.1, 0.15) is 5.82 Å². The smallest absolute Gasteiger partial charge is 0.234 e. The van der Waals surface area contributed by atoms with Crippen molar-refractivity contribution in [2.24, 2.45) is 0 Å². The molecule has 0 spiro atoms. The summed E-state index contributed by atoms with van der Waals surface area (Å²) >= 11 is 0. The average molecular weight is 369 g/mol. The van der Waals surface area contributed by atoms with Crippen molar-refractivity contribution in [1.29, 1.82) is 0 Å². The summed E-state index contributed by atoms with van der Waals surface area (Å²) in [5.41, 5.74) is 3.41. The molecular weight excluding hydrogens is 341 g/mol. The van der Waals surface area contributed by atoms with Crippen LogP contribution >= 0.6 is 0 Å². The summed E-state index contributed by atoms with van der Waals surface area (Å²) in [6, 6.07) is 15.0. The van der Waals surface area contributed by atoms with Crippen LogP contribution in [0.25, 0.3) is 0 Å². The van der Waals surface area contributed by atoms with Crippen LogP contribution in [0.2, 0.25) is 0 Å². The summed E-state index contributed by atoms with van der Waals surface area (Å²) < 4.78 is 13.1. The standard InChI is InChI=1S/C22H28FN3O/c1-3-21(18-6-4-17(2)5-7-18)24-22(27)16-25-12-14-26(15-13-25)20-10-8-19(23)9-11-20/h4-11,21H,3,12-16H2,1-2H3,(H,24,27)/t21-/m1/s1. The number of aryl methyl sites for hydroxylation is 1. The molecule has 0 radical (unpaired) electrons. The van der Waals surface area contributed by atoms with Gasteiger partial charge >= 0.3 is 0 Å². The molecule has 0 unspecified atom stereocenters. The number of hydrogen-bond donors (Lipinski definition) is 1. The van der Waals surface area contributed by atoms with Gasteiger partial charge in [-0.3, -0.25) is 9.69 Å². The SMILES string of the molecule is CC[C@@H](NC(=O)CN1CCN(c2ccc(F)cc2)CC1)c1ccc(C)cc1. The van der Waals surface area contributed by atoms with Gasteiger partial charge < -0.3 is 10.2 Å². The van der Waals surface area contributed by atoms with Gasteiger partial charge in [0.25, 0.3) is 0 Å². The van der Waals surface area contributed by atoms with E-state index >= 15 is 0 Å². The molecule has 1 aliphatic heterocycles. The number of rotatable bonds is 6. The maximum atomic E-state index is 13.1. The second-order valence-electron chi connectivity index (χ2n) is 7.18. The number of halogens is 1. The van der Waals surface area contributed by atoms with E-state index in [1.165, 1.54) is 17.7 Å². The molecule has 0 aliphatic carbocycles. The Morgan fingerprint density at radius 1 is 1.04 bits per heavy atom. The third kappa shape index (κ3) is 5.30. The Bertz CT molecular complexity index is 737. The molecule has 1 amide bonds. The van der Waals surface area contributed by atoms with Crippen LogP contribution in [0.1, 0.15) is 30.5 Å².